The zero-order valence-corrected chi connectivity index (χ0v) is 23.5. The van der Waals surface area contributed by atoms with Crippen molar-refractivity contribution in [2.75, 3.05) is 19.6 Å². The van der Waals surface area contributed by atoms with Crippen LogP contribution >= 0.6 is 7.60 Å². The predicted octanol–water partition coefficient (Wildman–Crippen LogP) is 2.88. The van der Waals surface area contributed by atoms with Gasteiger partial charge in [-0.05, 0) is 119 Å². The number of ether oxygens (including phenoxy) is 1. The molecule has 0 aliphatic rings. The van der Waals surface area contributed by atoms with E-state index in [2.05, 4.69) is 125 Å². The summed E-state index contributed by atoms with van der Waals surface area (Å²) in [5.74, 6) is 0. The van der Waals surface area contributed by atoms with Crippen LogP contribution in [0.3, 0.4) is 0 Å². The SMILES string of the molecule is C[Si](C)(C)OCC(CCCOCP(=O)(O)OOOOOOOOOOOOOOOOOO)[Si](C)(C)C. The highest BCUT2D eigenvalue weighted by atomic mass is 31.2. The average Bonchev–Trinajstić information content (AvgIpc) is 2.79. The fourth-order valence-electron chi connectivity index (χ4n) is 1.97. The van der Waals surface area contributed by atoms with Crippen LogP contribution in [0.4, 0.5) is 0 Å². The predicted molar refractivity (Wildman–Crippen MR) is 107 cm³/mol. The molecule has 0 rings (SSSR count). The van der Waals surface area contributed by atoms with Crippen LogP contribution in [0.5, 0.6) is 0 Å². The van der Waals surface area contributed by atoms with E-state index in [1.54, 1.807) is 0 Å². The normalized spacial score (nSPS) is 15.1. The van der Waals surface area contributed by atoms with Crippen molar-refractivity contribution < 1.29 is 109 Å². The lowest BCUT2D eigenvalue weighted by atomic mass is 10.2. The second kappa shape index (κ2) is 21.6. The van der Waals surface area contributed by atoms with Crippen molar-refractivity contribution in [2.45, 2.75) is 57.7 Å². The van der Waals surface area contributed by atoms with Crippen LogP contribution in [0, 0.1) is 0 Å². The molecule has 0 aliphatic carbocycles. The van der Waals surface area contributed by atoms with E-state index < -0.39 is 30.3 Å². The van der Waals surface area contributed by atoms with E-state index in [-0.39, 0.29) is 6.61 Å². The second-order valence-corrected chi connectivity index (χ2v) is 20.2. The first-order chi connectivity index (χ1) is 17.4. The van der Waals surface area contributed by atoms with Gasteiger partial charge in [-0.3, -0.25) is 4.57 Å². The second-order valence-electron chi connectivity index (χ2n) is 8.47. The minimum Gasteiger partial charge on any atom is -0.418 e. The van der Waals surface area contributed by atoms with Crippen LogP contribution in [0.25, 0.3) is 0 Å². The molecule has 0 bridgehead atoms. The van der Waals surface area contributed by atoms with Crippen molar-refractivity contribution in [3.05, 3.63) is 0 Å². The third kappa shape index (κ3) is 25.8. The monoisotopic (exact) mass is 614 g/mol. The maximum atomic E-state index is 11.8. The van der Waals surface area contributed by atoms with Gasteiger partial charge in [-0.2, -0.15) is 0 Å². The van der Waals surface area contributed by atoms with Gasteiger partial charge in [-0.25, -0.2) is 5.26 Å². The lowest BCUT2D eigenvalue weighted by Gasteiger charge is -2.31. The van der Waals surface area contributed by atoms with Gasteiger partial charge in [0.2, 0.25) is 0 Å². The first-order valence-corrected chi connectivity index (χ1v) is 18.7. The smallest absolute Gasteiger partial charge is 0.383 e. The van der Waals surface area contributed by atoms with Crippen LogP contribution < -0.4 is 0 Å². The molecular weight excluding hydrogens is 583 g/mol. The molecular formula is C12H31O22PSi2. The molecule has 2 atom stereocenters. The van der Waals surface area contributed by atoms with Gasteiger partial charge in [0, 0.05) is 21.3 Å². The molecule has 25 heteroatoms. The van der Waals surface area contributed by atoms with Gasteiger partial charge in [-0.15, -0.1) is 4.67 Å². The van der Waals surface area contributed by atoms with Crippen molar-refractivity contribution in [3.63, 3.8) is 0 Å². The lowest BCUT2D eigenvalue weighted by Crippen LogP contribution is -2.36. The molecule has 0 aromatic carbocycles. The first-order valence-electron chi connectivity index (χ1n) is 9.91. The summed E-state index contributed by atoms with van der Waals surface area (Å²) in [6, 6.07) is 0. The van der Waals surface area contributed by atoms with Gasteiger partial charge in [0.1, 0.15) is 0 Å². The number of hydrogen-bond donors (Lipinski definition) is 2. The van der Waals surface area contributed by atoms with Gasteiger partial charge in [0.05, 0.1) is 0 Å². The Kier molecular flexibility index (Phi) is 21.5. The van der Waals surface area contributed by atoms with Crippen molar-refractivity contribution in [2.24, 2.45) is 0 Å². The Morgan fingerprint density at radius 3 is 1.54 bits per heavy atom. The first kappa shape index (κ1) is 36.8. The zero-order chi connectivity index (χ0) is 28.0. The molecule has 0 spiro atoms. The van der Waals surface area contributed by atoms with Gasteiger partial charge in [0.15, 0.2) is 14.7 Å². The Morgan fingerprint density at radius 1 is 0.703 bits per heavy atom. The molecule has 37 heavy (non-hydrogen) atoms. The average molecular weight is 615 g/mol. The molecule has 2 unspecified atom stereocenters. The third-order valence-corrected chi connectivity index (χ3v) is 8.34. The van der Waals surface area contributed by atoms with Crippen LogP contribution in [0.2, 0.25) is 44.8 Å². The summed E-state index contributed by atoms with van der Waals surface area (Å²) in [7, 11) is -7.41. The molecule has 0 saturated heterocycles. The van der Waals surface area contributed by atoms with Crippen LogP contribution in [0.1, 0.15) is 12.8 Å². The third-order valence-electron chi connectivity index (χ3n) is 3.60. The van der Waals surface area contributed by atoms with E-state index in [1.807, 2.05) is 0 Å². The highest BCUT2D eigenvalue weighted by Gasteiger charge is 2.29. The molecule has 224 valence electrons. The molecule has 0 radical (unpaired) electrons. The van der Waals surface area contributed by atoms with E-state index >= 15 is 0 Å². The largest absolute Gasteiger partial charge is 0.418 e. The molecule has 0 aromatic heterocycles. The van der Waals surface area contributed by atoms with Crippen molar-refractivity contribution in [3.8, 4) is 0 Å². The summed E-state index contributed by atoms with van der Waals surface area (Å²) in [5, 5.41) is 63.9. The molecule has 0 amide bonds. The van der Waals surface area contributed by atoms with Crippen LogP contribution in [-0.2, 0) is 99.0 Å². The highest BCUT2D eigenvalue weighted by Crippen LogP contribution is 2.42. The molecule has 0 heterocycles. The van der Waals surface area contributed by atoms with Crippen LogP contribution in [0.15, 0.2) is 0 Å². The summed E-state index contributed by atoms with van der Waals surface area (Å²) in [4.78, 5) is 9.57. The minimum absolute atomic E-state index is 0.223. The van der Waals surface area contributed by atoms with Gasteiger partial charge >= 0.3 is 7.60 Å². The Balaban J connectivity index is 3.66. The van der Waals surface area contributed by atoms with E-state index in [9.17, 15) is 9.46 Å². The Labute approximate surface area is 211 Å². The molecule has 22 nitrogen and oxygen atoms in total. The Hall–Kier alpha value is -0.176. The van der Waals surface area contributed by atoms with E-state index in [0.717, 1.165) is 6.42 Å². The summed E-state index contributed by atoms with van der Waals surface area (Å²) in [6.07, 6.45) is 0.855. The highest BCUT2D eigenvalue weighted by molar-refractivity contribution is 7.52. The number of rotatable bonds is 27. The molecule has 0 saturated carbocycles. The standard InChI is InChI=1S/C12H31O22PSi2/c1-36(2,3)12(10-17-37(4,5)6)8-7-9-16-11-35(14,15)34-33-32-31-30-29-28-27-26-25-24-23-22-21-20-19-18-13/h12-13H,7-11H2,1-6H3,(H,14,15). The topological polar surface area (TPSA) is 233 Å². The Morgan fingerprint density at radius 2 is 1.14 bits per heavy atom. The van der Waals surface area contributed by atoms with Gasteiger partial charge in [0.25, 0.3) is 0 Å². The fourth-order valence-corrected chi connectivity index (χ4v) is 5.01. The minimum atomic E-state index is -4.34. The summed E-state index contributed by atoms with van der Waals surface area (Å²) in [6.45, 7) is 14.1. The van der Waals surface area contributed by atoms with E-state index in [1.165, 1.54) is 0 Å². The summed E-state index contributed by atoms with van der Waals surface area (Å²) >= 11 is 0. The lowest BCUT2D eigenvalue weighted by molar-refractivity contribution is -0.888. The molecule has 0 fully saturated rings. The van der Waals surface area contributed by atoms with Crippen molar-refractivity contribution in [1.29, 1.82) is 0 Å². The van der Waals surface area contributed by atoms with Crippen molar-refractivity contribution in [1.82, 2.24) is 0 Å². The van der Waals surface area contributed by atoms with E-state index in [0.29, 0.717) is 18.6 Å². The Bertz CT molecular complexity index is 575. The van der Waals surface area contributed by atoms with E-state index in [4.69, 9.17) is 14.4 Å². The quantitative estimate of drug-likeness (QED) is 0.0445. The van der Waals surface area contributed by atoms with Gasteiger partial charge in [-0.1, -0.05) is 19.6 Å². The molecule has 2 N–H and O–H groups in total. The van der Waals surface area contributed by atoms with Crippen molar-refractivity contribution >= 4 is 24.0 Å². The molecule has 0 aromatic rings. The fraction of sp³-hybridized carbons (Fsp3) is 1.00. The maximum Gasteiger partial charge on any atom is 0.383 e. The number of hydrogen-bond acceptors (Lipinski definition) is 21. The molecule has 0 aliphatic heterocycles. The zero-order valence-electron chi connectivity index (χ0n) is 20.6. The maximum absolute atomic E-state index is 11.8. The summed E-state index contributed by atoms with van der Waals surface area (Å²) < 4.78 is 27.1. The summed E-state index contributed by atoms with van der Waals surface area (Å²) in [5.41, 5.74) is 0.428. The van der Waals surface area contributed by atoms with Crippen LogP contribution in [-0.4, -0.2) is 46.1 Å². The van der Waals surface area contributed by atoms with Gasteiger partial charge < -0.3 is 14.1 Å².